The summed E-state index contributed by atoms with van der Waals surface area (Å²) in [6.07, 6.45) is 0. The zero-order chi connectivity index (χ0) is 18.8. The van der Waals surface area contributed by atoms with Crippen LogP contribution >= 0.6 is 24.8 Å². The lowest BCUT2D eigenvalue weighted by atomic mass is 10.2. The van der Waals surface area contributed by atoms with Gasteiger partial charge in [-0.3, -0.25) is 9.98 Å². The molecule has 0 aliphatic rings. The van der Waals surface area contributed by atoms with Crippen LogP contribution in [0, 0.1) is 0 Å². The van der Waals surface area contributed by atoms with Gasteiger partial charge in [0.25, 0.3) is 0 Å². The van der Waals surface area contributed by atoms with Crippen LogP contribution in [0.4, 0.5) is 11.4 Å². The average Bonchev–Trinajstić information content (AvgIpc) is 2.69. The lowest BCUT2D eigenvalue weighted by Crippen LogP contribution is -2.26. The second-order valence-corrected chi connectivity index (χ2v) is 5.78. The van der Waals surface area contributed by atoms with Crippen molar-refractivity contribution in [2.75, 3.05) is 24.7 Å². The highest BCUT2D eigenvalue weighted by Crippen LogP contribution is 2.10. The summed E-state index contributed by atoms with van der Waals surface area (Å²) < 4.78 is 0. The molecule has 0 radical (unpaired) electrons. The monoisotopic (exact) mass is 422 g/mol. The molecule has 2 aromatic carbocycles. The summed E-state index contributed by atoms with van der Waals surface area (Å²) in [6, 6.07) is 19.4. The van der Waals surface area contributed by atoms with Crippen LogP contribution in [0.25, 0.3) is 0 Å². The van der Waals surface area contributed by atoms with Gasteiger partial charge in [-0.1, -0.05) is 36.4 Å². The molecule has 0 saturated carbocycles. The molecule has 6 nitrogen and oxygen atoms in total. The van der Waals surface area contributed by atoms with Gasteiger partial charge >= 0.3 is 0 Å². The number of azo groups is 1. The fourth-order valence-electron chi connectivity index (χ4n) is 2.34. The summed E-state index contributed by atoms with van der Waals surface area (Å²) in [7, 11) is 3.49. The first-order valence-electron chi connectivity index (χ1n) is 8.61. The second-order valence-electron chi connectivity index (χ2n) is 5.78. The number of benzene rings is 2. The van der Waals surface area contributed by atoms with Gasteiger partial charge < -0.3 is 10.6 Å². The highest BCUT2D eigenvalue weighted by Gasteiger charge is 2.12. The summed E-state index contributed by atoms with van der Waals surface area (Å²) in [5, 5.41) is 15.4. The molecular formula is C20H28Cl2N6. The van der Waals surface area contributed by atoms with Gasteiger partial charge in [0, 0.05) is 25.5 Å². The molecule has 2 rings (SSSR count). The quantitative estimate of drug-likeness (QED) is 0.374. The lowest BCUT2D eigenvalue weighted by Gasteiger charge is -2.15. The first kappa shape index (κ1) is 25.6. The number of para-hydroxylation sites is 2. The zero-order valence-corrected chi connectivity index (χ0v) is 18.2. The van der Waals surface area contributed by atoms with Gasteiger partial charge in [0.1, 0.15) is 23.8 Å². The van der Waals surface area contributed by atoms with Crippen molar-refractivity contribution in [3.8, 4) is 0 Å². The van der Waals surface area contributed by atoms with E-state index < -0.39 is 0 Å². The molecule has 2 N–H and O–H groups in total. The first-order valence-corrected chi connectivity index (χ1v) is 8.61. The minimum Gasteiger partial charge on any atom is -0.342 e. The van der Waals surface area contributed by atoms with Gasteiger partial charge in [0.15, 0.2) is 0 Å². The van der Waals surface area contributed by atoms with Gasteiger partial charge in [-0.05, 0) is 38.1 Å². The van der Waals surface area contributed by atoms with E-state index in [1.165, 1.54) is 0 Å². The van der Waals surface area contributed by atoms with Crippen LogP contribution in [0.15, 0.2) is 80.9 Å². The summed E-state index contributed by atoms with van der Waals surface area (Å²) in [4.78, 5) is 8.60. The average molecular weight is 423 g/mol. The Balaban J connectivity index is 0.00000364. The molecule has 28 heavy (non-hydrogen) atoms. The number of halogens is 2. The smallest absolute Gasteiger partial charge is 0.127 e. The van der Waals surface area contributed by atoms with Crippen LogP contribution in [-0.4, -0.2) is 37.9 Å². The van der Waals surface area contributed by atoms with Gasteiger partial charge in [0.05, 0.1) is 0 Å². The van der Waals surface area contributed by atoms with E-state index in [0.29, 0.717) is 0 Å². The number of aliphatic imine (C=N–C) groups is 2. The van der Waals surface area contributed by atoms with E-state index in [1.807, 2.05) is 74.5 Å². The fraction of sp³-hybridized carbons (Fsp3) is 0.300. The number of nitrogens with zero attached hydrogens (tertiary/aromatic N) is 4. The molecule has 2 unspecified atom stereocenters. The lowest BCUT2D eigenvalue weighted by molar-refractivity contribution is 0.781. The third kappa shape index (κ3) is 8.06. The van der Waals surface area contributed by atoms with Crippen molar-refractivity contribution in [3.05, 3.63) is 60.7 Å². The predicted molar refractivity (Wildman–Crippen MR) is 125 cm³/mol. The maximum absolute atomic E-state index is 4.41. The Morgan fingerprint density at radius 2 is 0.964 bits per heavy atom. The molecule has 0 aromatic heterocycles. The van der Waals surface area contributed by atoms with Crippen molar-refractivity contribution in [1.29, 1.82) is 0 Å². The Labute approximate surface area is 179 Å². The molecule has 0 aliphatic carbocycles. The number of nitrogens with one attached hydrogen (secondary N) is 2. The molecule has 2 atom stereocenters. The van der Waals surface area contributed by atoms with Crippen molar-refractivity contribution in [1.82, 2.24) is 0 Å². The van der Waals surface area contributed by atoms with E-state index >= 15 is 0 Å². The highest BCUT2D eigenvalue weighted by atomic mass is 35.5. The van der Waals surface area contributed by atoms with E-state index in [4.69, 9.17) is 0 Å². The van der Waals surface area contributed by atoms with Crippen molar-refractivity contribution in [2.45, 2.75) is 25.9 Å². The van der Waals surface area contributed by atoms with Crippen LogP contribution in [0.2, 0.25) is 0 Å². The maximum Gasteiger partial charge on any atom is 0.127 e. The van der Waals surface area contributed by atoms with Crippen molar-refractivity contribution >= 4 is 47.9 Å². The van der Waals surface area contributed by atoms with Crippen LogP contribution in [0.5, 0.6) is 0 Å². The third-order valence-corrected chi connectivity index (χ3v) is 3.78. The van der Waals surface area contributed by atoms with Crippen molar-refractivity contribution in [3.63, 3.8) is 0 Å². The summed E-state index contributed by atoms with van der Waals surface area (Å²) >= 11 is 0. The van der Waals surface area contributed by atoms with E-state index in [0.717, 1.165) is 23.0 Å². The second kappa shape index (κ2) is 13.7. The predicted octanol–water partition coefficient (Wildman–Crippen LogP) is 5.34. The number of amidine groups is 2. The topological polar surface area (TPSA) is 73.5 Å². The van der Waals surface area contributed by atoms with E-state index in [1.54, 1.807) is 14.1 Å². The number of hydrogen-bond donors (Lipinski definition) is 2. The summed E-state index contributed by atoms with van der Waals surface area (Å²) in [6.45, 7) is 3.92. The van der Waals surface area contributed by atoms with Crippen molar-refractivity contribution < 1.29 is 0 Å². The molecule has 0 heterocycles. The van der Waals surface area contributed by atoms with E-state index in [2.05, 4.69) is 30.8 Å². The Bertz CT molecular complexity index is 697. The maximum atomic E-state index is 4.41. The summed E-state index contributed by atoms with van der Waals surface area (Å²) in [5.41, 5.74) is 1.95. The standard InChI is InChI=1S/C20H26N6.2ClH/c1-15(19(21-3)23-17-11-7-5-8-12-17)25-26-16(2)20(22-4)24-18-13-9-6-10-14-18;;/h5-16H,1-4H3,(H,21,23)(H,22,24);2*1H. The third-order valence-electron chi connectivity index (χ3n) is 3.78. The van der Waals surface area contributed by atoms with Crippen LogP contribution in [0.1, 0.15) is 13.8 Å². The molecule has 0 spiro atoms. The van der Waals surface area contributed by atoms with Gasteiger partial charge in [-0.25, -0.2) is 0 Å². The highest BCUT2D eigenvalue weighted by molar-refractivity contribution is 6.00. The minimum absolute atomic E-state index is 0. The Hall–Kier alpha value is -2.44. The molecule has 0 saturated heterocycles. The zero-order valence-electron chi connectivity index (χ0n) is 16.5. The Kier molecular flexibility index (Phi) is 12.5. The van der Waals surface area contributed by atoms with Gasteiger partial charge in [0.2, 0.25) is 0 Å². The largest absolute Gasteiger partial charge is 0.342 e. The van der Waals surface area contributed by atoms with Crippen molar-refractivity contribution in [2.24, 2.45) is 20.2 Å². The number of anilines is 2. The molecule has 152 valence electrons. The van der Waals surface area contributed by atoms with E-state index in [9.17, 15) is 0 Å². The molecule has 0 amide bonds. The molecule has 2 aromatic rings. The minimum atomic E-state index is -0.183. The Morgan fingerprint density at radius 3 is 1.25 bits per heavy atom. The molecular weight excluding hydrogens is 395 g/mol. The first-order chi connectivity index (χ1) is 12.6. The fourth-order valence-corrected chi connectivity index (χ4v) is 2.34. The van der Waals surface area contributed by atoms with Crippen LogP contribution < -0.4 is 10.6 Å². The SMILES string of the molecule is CN=C(Nc1ccccc1)C(C)N=NC(C)C(=NC)Nc1ccccc1.Cl.Cl. The molecule has 8 heteroatoms. The number of hydrogen-bond acceptors (Lipinski definition) is 4. The summed E-state index contributed by atoms with van der Waals surface area (Å²) in [5.74, 6) is 1.52. The molecule has 0 bridgehead atoms. The number of rotatable bonds is 6. The molecule has 0 aliphatic heterocycles. The normalized spacial score (nSPS) is 13.9. The van der Waals surface area contributed by atoms with Gasteiger partial charge in [-0.15, -0.1) is 24.8 Å². The Morgan fingerprint density at radius 1 is 0.643 bits per heavy atom. The molecule has 0 fully saturated rings. The van der Waals surface area contributed by atoms with Crippen LogP contribution in [-0.2, 0) is 0 Å². The van der Waals surface area contributed by atoms with Gasteiger partial charge in [-0.2, -0.15) is 10.2 Å². The van der Waals surface area contributed by atoms with Crippen LogP contribution in [0.3, 0.4) is 0 Å². The van der Waals surface area contributed by atoms with E-state index in [-0.39, 0.29) is 36.9 Å².